The van der Waals surface area contributed by atoms with E-state index in [2.05, 4.69) is 128 Å². The number of nitrogens with zero attached hydrogens (tertiary/aromatic N) is 5. The van der Waals surface area contributed by atoms with Gasteiger partial charge >= 0.3 is 0 Å². The van der Waals surface area contributed by atoms with Gasteiger partial charge in [0.1, 0.15) is 47.2 Å². The molecule has 0 spiro atoms. The summed E-state index contributed by atoms with van der Waals surface area (Å²) in [4.78, 5) is 9.63. The Hall–Kier alpha value is -5.79. The van der Waals surface area contributed by atoms with Crippen LogP contribution in [-0.2, 0) is 26.0 Å². The first-order valence-electron chi connectivity index (χ1n) is 20.5. The fourth-order valence-electron chi connectivity index (χ4n) is 7.86. The second-order valence-corrected chi connectivity index (χ2v) is 21.5. The number of benzene rings is 4. The fraction of sp³-hybridized carbons (Fsp3) is 0.312. The summed E-state index contributed by atoms with van der Waals surface area (Å²) in [7, 11) is 1.02. The molecule has 1 aliphatic heterocycles. The summed E-state index contributed by atoms with van der Waals surface area (Å²) in [5.74, 6) is 2.10. The molecule has 4 aromatic carbocycles. The molecule has 60 heavy (non-hydrogen) atoms. The Morgan fingerprint density at radius 3 is 2.03 bits per heavy atom. The summed E-state index contributed by atoms with van der Waals surface area (Å²) in [6.45, 7) is 12.1. The van der Waals surface area contributed by atoms with Crippen LogP contribution in [0, 0.1) is 0 Å². The van der Waals surface area contributed by atoms with Crippen LogP contribution in [-0.4, -0.2) is 65.7 Å². The molecule has 4 heterocycles. The minimum Gasteiger partial charge on any atom is -0.497 e. The van der Waals surface area contributed by atoms with Crippen LogP contribution in [0.25, 0.3) is 16.7 Å². The zero-order valence-corrected chi connectivity index (χ0v) is 36.4. The van der Waals surface area contributed by atoms with E-state index in [0.717, 1.165) is 39.1 Å². The van der Waals surface area contributed by atoms with Gasteiger partial charge in [-0.15, -0.1) is 0 Å². The average Bonchev–Trinajstić information content (AvgIpc) is 4.03. The summed E-state index contributed by atoms with van der Waals surface area (Å²) < 4.78 is 36.9. The summed E-state index contributed by atoms with van der Waals surface area (Å²) in [6.07, 6.45) is 6.84. The predicted octanol–water partition coefficient (Wildman–Crippen LogP) is 9.93. The molecule has 7 aromatic rings. The van der Waals surface area contributed by atoms with Crippen LogP contribution < -0.4 is 14.8 Å². The van der Waals surface area contributed by atoms with Gasteiger partial charge in [0.25, 0.3) is 0 Å². The van der Waals surface area contributed by atoms with Gasteiger partial charge in [-0.3, -0.25) is 0 Å². The molecule has 3 aromatic heterocycles. The van der Waals surface area contributed by atoms with Gasteiger partial charge in [-0.25, -0.2) is 14.6 Å². The Morgan fingerprint density at radius 1 is 0.817 bits per heavy atom. The second kappa shape index (κ2) is 17.1. The van der Waals surface area contributed by atoms with Crippen LogP contribution in [0.4, 0.5) is 5.82 Å². The molecule has 310 valence electrons. The van der Waals surface area contributed by atoms with Gasteiger partial charge in [-0.05, 0) is 53.0 Å². The maximum atomic E-state index is 7.40. The smallest absolute Gasteiger partial charge is 0.192 e. The van der Waals surface area contributed by atoms with Crippen LogP contribution in [0.15, 0.2) is 140 Å². The van der Waals surface area contributed by atoms with Crippen LogP contribution in [0.3, 0.4) is 0 Å². The molecular formula is C48H54N6O5Si. The van der Waals surface area contributed by atoms with E-state index in [9.17, 15) is 0 Å². The van der Waals surface area contributed by atoms with E-state index >= 15 is 0 Å². The fourth-order valence-corrected chi connectivity index (χ4v) is 9.22. The molecule has 3 atom stereocenters. The van der Waals surface area contributed by atoms with E-state index in [0.29, 0.717) is 30.2 Å². The highest BCUT2D eigenvalue weighted by Gasteiger charge is 2.47. The SMILES string of the molecule is COc1ccc(CNc2ncnc3c2c(-n2cccn2)cn3[C@H]2C[C@H](O[Si](C)(C)C(C)(C)C)[C@@H](COC(c3ccccc3)(c3ccccc3)c3ccccc3)O2)c(OC)c1. The molecule has 1 saturated heterocycles. The van der Waals surface area contributed by atoms with Crippen molar-refractivity contribution in [2.45, 2.75) is 75.9 Å². The van der Waals surface area contributed by atoms with Crippen molar-refractivity contribution in [3.8, 4) is 17.2 Å². The zero-order chi connectivity index (χ0) is 41.9. The summed E-state index contributed by atoms with van der Waals surface area (Å²) >= 11 is 0. The van der Waals surface area contributed by atoms with Gasteiger partial charge in [-0.1, -0.05) is 112 Å². The Labute approximate surface area is 353 Å². The number of hydrogen-bond donors (Lipinski definition) is 1. The summed E-state index contributed by atoms with van der Waals surface area (Å²) in [5.41, 5.74) is 4.66. The Morgan fingerprint density at radius 2 is 1.47 bits per heavy atom. The van der Waals surface area contributed by atoms with E-state index < -0.39 is 26.3 Å². The normalized spacial score (nSPS) is 17.2. The molecular weight excluding hydrogens is 769 g/mol. The van der Waals surface area contributed by atoms with Crippen LogP contribution in [0.2, 0.25) is 18.1 Å². The summed E-state index contributed by atoms with van der Waals surface area (Å²) in [5, 5.41) is 8.99. The first kappa shape index (κ1) is 41.0. The Balaban J connectivity index is 1.18. The average molecular weight is 823 g/mol. The van der Waals surface area contributed by atoms with Gasteiger partial charge < -0.3 is 33.3 Å². The van der Waals surface area contributed by atoms with Gasteiger partial charge in [0.15, 0.2) is 8.32 Å². The van der Waals surface area contributed by atoms with Gasteiger partial charge in [0, 0.05) is 43.2 Å². The number of hydrogen-bond acceptors (Lipinski definition) is 9. The largest absolute Gasteiger partial charge is 0.497 e. The maximum Gasteiger partial charge on any atom is 0.192 e. The number of ether oxygens (including phenoxy) is 4. The molecule has 12 heteroatoms. The van der Waals surface area contributed by atoms with Crippen molar-refractivity contribution in [2.75, 3.05) is 26.1 Å². The Bertz CT molecular complexity index is 2390. The third-order valence-electron chi connectivity index (χ3n) is 12.0. The quantitative estimate of drug-likeness (QED) is 0.0799. The van der Waals surface area contributed by atoms with Crippen molar-refractivity contribution in [3.05, 3.63) is 162 Å². The lowest BCUT2D eigenvalue weighted by Crippen LogP contribution is -2.47. The molecule has 1 aliphatic rings. The monoisotopic (exact) mass is 822 g/mol. The molecule has 1 N–H and O–H groups in total. The number of aromatic nitrogens is 5. The highest BCUT2D eigenvalue weighted by atomic mass is 28.4. The molecule has 8 rings (SSSR count). The molecule has 0 radical (unpaired) electrons. The zero-order valence-electron chi connectivity index (χ0n) is 35.4. The van der Waals surface area contributed by atoms with Crippen LogP contribution in [0.1, 0.15) is 55.7 Å². The van der Waals surface area contributed by atoms with E-state index in [1.54, 1.807) is 26.7 Å². The standard InChI is InChI=1S/C48H54N6O5Si/c1-47(2,3)60(6,7)59-41-29-43(58-42(41)32-57-48(35-18-11-8-12-19-35,36-20-13-9-14-21-36)37-22-15-10-16-23-37)53-31-39(54-27-17-26-52-54)44-45(50-33-51-46(44)53)49-30-34-24-25-38(55-4)28-40(34)56-5/h8-28,31,33,41-43H,29-30,32H2,1-7H3,(H,49,50,51)/t41-,42+,43+/m0/s1. The molecule has 1 fully saturated rings. The van der Waals surface area contributed by atoms with E-state index in [4.69, 9.17) is 33.3 Å². The van der Waals surface area contributed by atoms with E-state index in [-0.39, 0.29) is 17.7 Å². The van der Waals surface area contributed by atoms with Crippen molar-refractivity contribution in [1.82, 2.24) is 24.3 Å². The first-order valence-corrected chi connectivity index (χ1v) is 23.4. The van der Waals surface area contributed by atoms with Gasteiger partial charge in [0.2, 0.25) is 0 Å². The highest BCUT2D eigenvalue weighted by molar-refractivity contribution is 6.74. The maximum absolute atomic E-state index is 7.40. The number of fused-ring (bicyclic) bond motifs is 1. The highest BCUT2D eigenvalue weighted by Crippen LogP contribution is 2.45. The molecule has 11 nitrogen and oxygen atoms in total. The second-order valence-electron chi connectivity index (χ2n) is 16.7. The van der Waals surface area contributed by atoms with E-state index in [1.807, 2.05) is 53.3 Å². The van der Waals surface area contributed by atoms with Crippen molar-refractivity contribution >= 4 is 25.2 Å². The third kappa shape index (κ3) is 7.95. The van der Waals surface area contributed by atoms with E-state index in [1.165, 1.54) is 0 Å². The molecule has 0 saturated carbocycles. The molecule has 0 aliphatic carbocycles. The molecule has 0 bridgehead atoms. The number of methoxy groups -OCH3 is 2. The van der Waals surface area contributed by atoms with Crippen molar-refractivity contribution in [3.63, 3.8) is 0 Å². The lowest BCUT2D eigenvalue weighted by atomic mass is 9.80. The van der Waals surface area contributed by atoms with Crippen LogP contribution >= 0.6 is 0 Å². The lowest BCUT2D eigenvalue weighted by molar-refractivity contribution is -0.0913. The van der Waals surface area contributed by atoms with Crippen molar-refractivity contribution in [2.24, 2.45) is 0 Å². The number of anilines is 1. The first-order chi connectivity index (χ1) is 29.0. The number of rotatable bonds is 15. The summed E-state index contributed by atoms with van der Waals surface area (Å²) in [6, 6.07) is 39.0. The Kier molecular flexibility index (Phi) is 11.6. The molecule has 0 unspecified atom stereocenters. The van der Waals surface area contributed by atoms with Crippen LogP contribution in [0.5, 0.6) is 11.5 Å². The topological polar surface area (TPSA) is 107 Å². The lowest BCUT2D eigenvalue weighted by Gasteiger charge is -2.40. The predicted molar refractivity (Wildman–Crippen MR) is 237 cm³/mol. The van der Waals surface area contributed by atoms with Crippen molar-refractivity contribution in [1.29, 1.82) is 0 Å². The minimum atomic E-state index is -2.28. The molecule has 0 amide bonds. The van der Waals surface area contributed by atoms with Gasteiger partial charge in [-0.2, -0.15) is 5.10 Å². The minimum absolute atomic E-state index is 0.0217. The van der Waals surface area contributed by atoms with Crippen molar-refractivity contribution < 1.29 is 23.4 Å². The van der Waals surface area contributed by atoms with Gasteiger partial charge in [0.05, 0.1) is 38.0 Å². The number of nitrogens with one attached hydrogen (secondary N) is 1. The third-order valence-corrected chi connectivity index (χ3v) is 16.5.